The Balaban J connectivity index is 1.66. The van der Waals surface area contributed by atoms with Gasteiger partial charge in [0.15, 0.2) is 0 Å². The lowest BCUT2D eigenvalue weighted by molar-refractivity contribution is -0.120. The Bertz CT molecular complexity index is 958. The fraction of sp³-hybridized carbons (Fsp3) is 0.278. The molecule has 2 aromatic carbocycles. The van der Waals surface area contributed by atoms with Crippen molar-refractivity contribution in [1.82, 2.24) is 4.31 Å². The molecule has 1 N–H and O–H groups in total. The summed E-state index contributed by atoms with van der Waals surface area (Å²) >= 11 is 0. The summed E-state index contributed by atoms with van der Waals surface area (Å²) in [7, 11) is -4.00. The average molecular weight is 398 g/mol. The Morgan fingerprint density at radius 2 is 1.67 bits per heavy atom. The molecular weight excluding hydrogens is 381 g/mol. The van der Waals surface area contributed by atoms with Gasteiger partial charge in [0, 0.05) is 25.1 Å². The maximum absolute atomic E-state index is 13.8. The highest BCUT2D eigenvalue weighted by Gasteiger charge is 2.33. The van der Waals surface area contributed by atoms with Crippen molar-refractivity contribution < 1.29 is 26.4 Å². The molecule has 1 heterocycles. The van der Waals surface area contributed by atoms with Gasteiger partial charge in [0.2, 0.25) is 15.9 Å². The molecule has 0 aliphatic carbocycles. The van der Waals surface area contributed by atoms with Crippen molar-refractivity contribution in [2.75, 3.05) is 18.4 Å². The van der Waals surface area contributed by atoms with E-state index in [0.717, 1.165) is 28.6 Å². The lowest BCUT2D eigenvalue weighted by Crippen LogP contribution is -2.41. The third kappa shape index (κ3) is 4.14. The average Bonchev–Trinajstić information content (AvgIpc) is 2.65. The zero-order chi connectivity index (χ0) is 19.6. The van der Waals surface area contributed by atoms with Gasteiger partial charge in [0.1, 0.15) is 22.3 Å². The number of sulfonamides is 1. The molecule has 1 amide bonds. The first-order chi connectivity index (χ1) is 12.8. The molecule has 2 aromatic rings. The zero-order valence-electron chi connectivity index (χ0n) is 14.2. The van der Waals surface area contributed by atoms with Crippen LogP contribution >= 0.6 is 0 Å². The molecule has 1 fully saturated rings. The van der Waals surface area contributed by atoms with Gasteiger partial charge in [-0.05, 0) is 37.1 Å². The van der Waals surface area contributed by atoms with Gasteiger partial charge in [-0.2, -0.15) is 4.31 Å². The standard InChI is InChI=1S/C18H17F3N2O3S/c19-13-5-6-14(20)16(11-13)22-18(24)12-7-9-23(10-8-12)27(25,26)17-4-2-1-3-15(17)21/h1-6,11-12H,7-10H2,(H,22,24). The Kier molecular flexibility index (Phi) is 5.52. The molecule has 144 valence electrons. The van der Waals surface area contributed by atoms with E-state index in [9.17, 15) is 26.4 Å². The third-order valence-electron chi connectivity index (χ3n) is 4.47. The third-order valence-corrected chi connectivity index (χ3v) is 6.40. The summed E-state index contributed by atoms with van der Waals surface area (Å²) in [6, 6.07) is 7.83. The molecule has 0 spiro atoms. The van der Waals surface area contributed by atoms with Crippen LogP contribution in [-0.4, -0.2) is 31.7 Å². The number of benzene rings is 2. The summed E-state index contributed by atoms with van der Waals surface area (Å²) in [4.78, 5) is 11.9. The van der Waals surface area contributed by atoms with Crippen LogP contribution in [0.15, 0.2) is 47.4 Å². The minimum absolute atomic E-state index is 0.0282. The first-order valence-electron chi connectivity index (χ1n) is 8.29. The summed E-state index contributed by atoms with van der Waals surface area (Å²) in [6.45, 7) is 0.0563. The van der Waals surface area contributed by atoms with Crippen LogP contribution < -0.4 is 5.32 Å². The van der Waals surface area contributed by atoms with E-state index in [0.29, 0.717) is 0 Å². The number of hydrogen-bond acceptors (Lipinski definition) is 3. The number of carbonyl (C=O) groups excluding carboxylic acids is 1. The highest BCUT2D eigenvalue weighted by Crippen LogP contribution is 2.26. The van der Waals surface area contributed by atoms with Crippen molar-refractivity contribution in [2.24, 2.45) is 5.92 Å². The Morgan fingerprint density at radius 1 is 1.00 bits per heavy atom. The van der Waals surface area contributed by atoms with E-state index < -0.39 is 44.2 Å². The number of carbonyl (C=O) groups is 1. The molecule has 5 nitrogen and oxygen atoms in total. The monoisotopic (exact) mass is 398 g/mol. The number of halogens is 3. The van der Waals surface area contributed by atoms with Crippen LogP contribution in [0.3, 0.4) is 0 Å². The van der Waals surface area contributed by atoms with Crippen molar-refractivity contribution in [3.8, 4) is 0 Å². The van der Waals surface area contributed by atoms with Gasteiger partial charge in [-0.1, -0.05) is 12.1 Å². The topological polar surface area (TPSA) is 66.5 Å². The minimum atomic E-state index is -4.00. The predicted octanol–water partition coefficient (Wildman–Crippen LogP) is 3.14. The van der Waals surface area contributed by atoms with Gasteiger partial charge >= 0.3 is 0 Å². The van der Waals surface area contributed by atoms with Crippen LogP contribution in [0.1, 0.15) is 12.8 Å². The number of nitrogens with one attached hydrogen (secondary N) is 1. The molecule has 27 heavy (non-hydrogen) atoms. The largest absolute Gasteiger partial charge is 0.323 e. The Morgan fingerprint density at radius 3 is 2.33 bits per heavy atom. The first-order valence-corrected chi connectivity index (χ1v) is 9.73. The van der Waals surface area contributed by atoms with Crippen molar-refractivity contribution in [3.63, 3.8) is 0 Å². The van der Waals surface area contributed by atoms with Crippen LogP contribution in [-0.2, 0) is 14.8 Å². The zero-order valence-corrected chi connectivity index (χ0v) is 15.0. The van der Waals surface area contributed by atoms with Crippen molar-refractivity contribution >= 4 is 21.6 Å². The molecule has 1 aliphatic rings. The van der Waals surface area contributed by atoms with Crippen molar-refractivity contribution in [1.29, 1.82) is 0 Å². The molecule has 9 heteroatoms. The number of hydrogen-bond donors (Lipinski definition) is 1. The van der Waals surface area contributed by atoms with Crippen LogP contribution in [0.4, 0.5) is 18.9 Å². The summed E-state index contributed by atoms with van der Waals surface area (Å²) in [5, 5.41) is 2.33. The molecule has 0 atom stereocenters. The number of amides is 1. The molecule has 0 radical (unpaired) electrons. The van der Waals surface area contributed by atoms with E-state index in [4.69, 9.17) is 0 Å². The smallest absolute Gasteiger partial charge is 0.245 e. The second kappa shape index (κ2) is 7.69. The second-order valence-electron chi connectivity index (χ2n) is 6.22. The minimum Gasteiger partial charge on any atom is -0.323 e. The van der Waals surface area contributed by atoms with Gasteiger partial charge < -0.3 is 5.32 Å². The number of rotatable bonds is 4. The van der Waals surface area contributed by atoms with Crippen LogP contribution in [0.25, 0.3) is 0 Å². The van der Waals surface area contributed by atoms with Gasteiger partial charge in [0.05, 0.1) is 5.69 Å². The fourth-order valence-electron chi connectivity index (χ4n) is 2.98. The molecule has 0 unspecified atom stereocenters. The quantitative estimate of drug-likeness (QED) is 0.861. The predicted molar refractivity (Wildman–Crippen MR) is 92.9 cm³/mol. The highest BCUT2D eigenvalue weighted by molar-refractivity contribution is 7.89. The lowest BCUT2D eigenvalue weighted by atomic mass is 9.97. The van der Waals surface area contributed by atoms with E-state index in [1.807, 2.05) is 0 Å². The van der Waals surface area contributed by atoms with Crippen molar-refractivity contribution in [2.45, 2.75) is 17.7 Å². The summed E-state index contributed by atoms with van der Waals surface area (Å²) in [6.07, 6.45) is 0.382. The van der Waals surface area contributed by atoms with Crippen molar-refractivity contribution in [3.05, 3.63) is 59.9 Å². The van der Waals surface area contributed by atoms with Crippen LogP contribution in [0.2, 0.25) is 0 Å². The van der Waals surface area contributed by atoms with E-state index in [-0.39, 0.29) is 31.6 Å². The molecular formula is C18H17F3N2O3S. The lowest BCUT2D eigenvalue weighted by Gasteiger charge is -2.30. The SMILES string of the molecule is O=C(Nc1cc(F)ccc1F)C1CCN(S(=O)(=O)c2ccccc2F)CC1. The molecule has 3 rings (SSSR count). The van der Waals surface area contributed by atoms with E-state index in [2.05, 4.69) is 5.32 Å². The molecule has 0 bridgehead atoms. The van der Waals surface area contributed by atoms with E-state index >= 15 is 0 Å². The molecule has 1 saturated heterocycles. The maximum atomic E-state index is 13.8. The summed E-state index contributed by atoms with van der Waals surface area (Å²) in [5.74, 6) is -3.34. The van der Waals surface area contributed by atoms with E-state index in [1.165, 1.54) is 18.2 Å². The van der Waals surface area contributed by atoms with Gasteiger partial charge in [0.25, 0.3) is 0 Å². The van der Waals surface area contributed by atoms with Gasteiger partial charge in [-0.3, -0.25) is 4.79 Å². The normalized spacial score (nSPS) is 16.3. The molecule has 0 aromatic heterocycles. The Labute approximate surface area is 154 Å². The number of nitrogens with zero attached hydrogens (tertiary/aromatic N) is 1. The number of anilines is 1. The van der Waals surface area contributed by atoms with Crippen LogP contribution in [0, 0.1) is 23.4 Å². The molecule has 1 aliphatic heterocycles. The highest BCUT2D eigenvalue weighted by atomic mass is 32.2. The number of piperidine rings is 1. The maximum Gasteiger partial charge on any atom is 0.245 e. The van der Waals surface area contributed by atoms with Gasteiger partial charge in [-0.15, -0.1) is 0 Å². The molecule has 0 saturated carbocycles. The van der Waals surface area contributed by atoms with Crippen LogP contribution in [0.5, 0.6) is 0 Å². The fourth-order valence-corrected chi connectivity index (χ4v) is 4.51. The summed E-state index contributed by atoms with van der Waals surface area (Å²) in [5.41, 5.74) is -0.263. The van der Waals surface area contributed by atoms with Gasteiger partial charge in [-0.25, -0.2) is 21.6 Å². The second-order valence-corrected chi connectivity index (χ2v) is 8.13. The first kappa shape index (κ1) is 19.4. The van der Waals surface area contributed by atoms with E-state index in [1.54, 1.807) is 0 Å². The Hall–Kier alpha value is -2.39. The summed E-state index contributed by atoms with van der Waals surface area (Å²) < 4.78 is 66.9.